The molecule has 304 valence electrons. The Labute approximate surface area is 316 Å². The third-order valence-electron chi connectivity index (χ3n) is 10.4. The molecule has 3 aliphatic heterocycles. The monoisotopic (exact) mass is 765 g/mol. The molecule has 0 aromatic carbocycles. The number of ketones is 1. The van der Waals surface area contributed by atoms with Gasteiger partial charge in [-0.3, -0.25) is 19.4 Å². The number of methoxy groups -OCH3 is 2. The highest BCUT2D eigenvalue weighted by Crippen LogP contribution is 2.44. The van der Waals surface area contributed by atoms with Crippen LogP contribution in [0.4, 0.5) is 0 Å². The number of hydrogen-bond donors (Lipinski definition) is 6. The second-order valence-electron chi connectivity index (χ2n) is 14.5. The van der Waals surface area contributed by atoms with Gasteiger partial charge in [-0.25, -0.2) is 4.79 Å². The summed E-state index contributed by atoms with van der Waals surface area (Å²) in [5.74, 6) is -4.28. The van der Waals surface area contributed by atoms with Gasteiger partial charge in [-0.15, -0.1) is 0 Å². The van der Waals surface area contributed by atoms with Gasteiger partial charge in [0, 0.05) is 57.4 Å². The summed E-state index contributed by atoms with van der Waals surface area (Å²) in [6, 6.07) is -1.08. The minimum absolute atomic E-state index is 0.00820. The van der Waals surface area contributed by atoms with E-state index in [-0.39, 0.29) is 62.8 Å². The number of fused-ring (bicyclic) bond motifs is 1. The minimum atomic E-state index is -1.72. The summed E-state index contributed by atoms with van der Waals surface area (Å²) in [6.07, 6.45) is 2.46. The predicted molar refractivity (Wildman–Crippen MR) is 196 cm³/mol. The number of aliphatic carboxylic acids is 1. The quantitative estimate of drug-likeness (QED) is 0.0270. The van der Waals surface area contributed by atoms with Crippen molar-refractivity contribution < 1.29 is 57.8 Å². The fourth-order valence-electron chi connectivity index (χ4n) is 6.91. The maximum Gasteiger partial charge on any atom is 0.326 e. The van der Waals surface area contributed by atoms with Gasteiger partial charge in [-0.1, -0.05) is 51.2 Å². The Morgan fingerprint density at radius 2 is 1.83 bits per heavy atom. The Hall–Kier alpha value is -3.71. The number of carbonyl (C=O) groups is 4. The number of ether oxygens (including phenoxy) is 6. The Morgan fingerprint density at radius 1 is 1.11 bits per heavy atom. The van der Waals surface area contributed by atoms with Crippen molar-refractivity contribution in [1.29, 1.82) is 0 Å². The van der Waals surface area contributed by atoms with Crippen molar-refractivity contribution in [2.75, 3.05) is 27.6 Å². The van der Waals surface area contributed by atoms with Crippen LogP contribution in [0.5, 0.6) is 0 Å². The molecule has 0 aromatic heterocycles. The zero-order valence-electron chi connectivity index (χ0n) is 32.2. The van der Waals surface area contributed by atoms with E-state index >= 15 is 0 Å². The highest BCUT2D eigenvalue weighted by molar-refractivity contribution is 5.91. The number of aliphatic hydroxyl groups is 1. The molecule has 0 spiro atoms. The Balaban J connectivity index is 1.54. The van der Waals surface area contributed by atoms with E-state index in [1.807, 2.05) is 27.7 Å². The summed E-state index contributed by atoms with van der Waals surface area (Å²) < 4.78 is 35.7. The molecule has 54 heavy (non-hydrogen) atoms. The normalized spacial score (nSPS) is 30.6. The number of guanidine groups is 1. The molecule has 3 heterocycles. The largest absolute Gasteiger partial charge is 0.480 e. The number of nitrogens with two attached hydrogens (primary N) is 2. The number of nitrogens with one attached hydrogen (secondary N) is 2. The van der Waals surface area contributed by atoms with Gasteiger partial charge < -0.3 is 60.7 Å². The number of hydrogen-bond acceptors (Lipinski definition) is 12. The van der Waals surface area contributed by atoms with Gasteiger partial charge in [-0.2, -0.15) is 0 Å². The van der Waals surface area contributed by atoms with Gasteiger partial charge >= 0.3 is 5.97 Å². The van der Waals surface area contributed by atoms with Crippen LogP contribution in [0.15, 0.2) is 41.4 Å². The van der Waals surface area contributed by atoms with Crippen LogP contribution >= 0.6 is 0 Å². The van der Waals surface area contributed by atoms with Crippen LogP contribution in [0, 0.1) is 11.3 Å². The summed E-state index contributed by atoms with van der Waals surface area (Å²) in [5, 5.41) is 25.7. The van der Waals surface area contributed by atoms with Crippen molar-refractivity contribution >= 4 is 29.5 Å². The SMILES string of the molecule is C=C1C[C@](OC)([C@H](O)C(=O)N[C@H]2OCO[C@H]3[C@@H]2O[C@H](CC(=O)CCC/C=C/C=C/C(=O)NC(CCCN=C(N)N)C(=O)O)C(C)(C)[C@@H]3OC)O[C@H](C)[C@@H]1C. The van der Waals surface area contributed by atoms with E-state index in [9.17, 15) is 29.4 Å². The number of rotatable bonds is 19. The zero-order valence-corrected chi connectivity index (χ0v) is 32.2. The lowest BCUT2D eigenvalue weighted by molar-refractivity contribution is -0.330. The average molecular weight is 766 g/mol. The molecule has 17 heteroatoms. The fourth-order valence-corrected chi connectivity index (χ4v) is 6.91. The molecule has 0 aliphatic carbocycles. The van der Waals surface area contributed by atoms with E-state index < -0.39 is 71.8 Å². The first-order chi connectivity index (χ1) is 25.5. The Bertz CT molecular complexity index is 1420. The third kappa shape index (κ3) is 11.6. The number of aliphatic imine (C=N–C) groups is 1. The van der Waals surface area contributed by atoms with E-state index in [2.05, 4.69) is 22.2 Å². The van der Waals surface area contributed by atoms with Crippen molar-refractivity contribution in [3.05, 3.63) is 36.5 Å². The zero-order chi connectivity index (χ0) is 40.2. The number of unbranched alkanes of at least 4 members (excludes halogenated alkanes) is 1. The second-order valence-corrected chi connectivity index (χ2v) is 14.5. The predicted octanol–water partition coefficient (Wildman–Crippen LogP) is 1.18. The molecular weight excluding hydrogens is 706 g/mol. The molecule has 0 aromatic rings. The molecule has 10 atom stereocenters. The Kier molecular flexibility index (Phi) is 16.8. The molecule has 3 saturated heterocycles. The number of carboxylic acids is 1. The summed E-state index contributed by atoms with van der Waals surface area (Å²) in [5.41, 5.74) is 10.6. The van der Waals surface area contributed by atoms with Crippen molar-refractivity contribution in [2.45, 2.75) is 127 Å². The molecule has 1 unspecified atom stereocenters. The Morgan fingerprint density at radius 3 is 2.46 bits per heavy atom. The molecule has 8 N–H and O–H groups in total. The van der Waals surface area contributed by atoms with E-state index in [1.54, 1.807) is 19.3 Å². The third-order valence-corrected chi connectivity index (χ3v) is 10.4. The summed E-state index contributed by atoms with van der Waals surface area (Å²) in [4.78, 5) is 54.1. The number of carboxylic acid groups (broad SMARTS) is 1. The lowest BCUT2D eigenvalue weighted by atomic mass is 9.72. The smallest absolute Gasteiger partial charge is 0.326 e. The second kappa shape index (κ2) is 20.3. The molecular formula is C37H59N5O12. The van der Waals surface area contributed by atoms with Gasteiger partial charge in [0.15, 0.2) is 18.3 Å². The minimum Gasteiger partial charge on any atom is -0.480 e. The van der Waals surface area contributed by atoms with Crippen LogP contribution < -0.4 is 22.1 Å². The summed E-state index contributed by atoms with van der Waals surface area (Å²) >= 11 is 0. The van der Waals surface area contributed by atoms with Crippen molar-refractivity contribution in [3.8, 4) is 0 Å². The molecule has 0 bridgehead atoms. The highest BCUT2D eigenvalue weighted by atomic mass is 16.7. The molecule has 3 fully saturated rings. The topological polar surface area (TPSA) is 253 Å². The van der Waals surface area contributed by atoms with Gasteiger partial charge in [0.1, 0.15) is 30.8 Å². The number of nitrogens with zero attached hydrogens (tertiary/aromatic N) is 1. The highest BCUT2D eigenvalue weighted by Gasteiger charge is 2.57. The lowest BCUT2D eigenvalue weighted by Crippen LogP contribution is -2.69. The molecule has 17 nitrogen and oxygen atoms in total. The summed E-state index contributed by atoms with van der Waals surface area (Å²) in [7, 11) is 2.91. The number of Topliss-reactive ketones (excluding diaryl/α,β-unsaturated/α-hetero) is 1. The van der Waals surface area contributed by atoms with E-state index in [0.717, 1.165) is 5.57 Å². The standard InChI is InChI=1S/C37H59N5O12/c1-21-19-37(50-7,54-23(3)22(21)2)30(45)32(46)42-33-29-28(51-20-52-33)31(49-6)36(4,5)26(53-29)18-24(43)14-11-9-8-10-12-16-27(44)41-25(34(47)48)15-13-17-40-35(38)39/h8,10,12,16,22-23,25-26,28-31,33,45H,1,9,11,13-15,17-20H2,2-7H3,(H,41,44)(H,42,46)(H,47,48)(H4,38,39,40)/b10-8+,16-12+/t22-,23-,25?,26-,28+,29+,30-,31-,33+,37-/m1/s1. The van der Waals surface area contributed by atoms with Gasteiger partial charge in [0.05, 0.1) is 18.3 Å². The first kappa shape index (κ1) is 44.7. The number of amides is 2. The van der Waals surface area contributed by atoms with Crippen LogP contribution in [-0.4, -0.2) is 122 Å². The van der Waals surface area contributed by atoms with Crippen molar-refractivity contribution in [1.82, 2.24) is 10.6 Å². The lowest BCUT2D eigenvalue weighted by Gasteiger charge is -2.54. The summed E-state index contributed by atoms with van der Waals surface area (Å²) in [6.45, 7) is 11.8. The first-order valence-electron chi connectivity index (χ1n) is 18.2. The van der Waals surface area contributed by atoms with Crippen LogP contribution in [0.2, 0.25) is 0 Å². The number of aliphatic hydroxyl groups excluding tert-OH is 1. The van der Waals surface area contributed by atoms with Gasteiger partial charge in [0.2, 0.25) is 11.7 Å². The molecule has 0 saturated carbocycles. The van der Waals surface area contributed by atoms with E-state index in [4.69, 9.17) is 39.9 Å². The fraction of sp³-hybridized carbons (Fsp3) is 0.703. The number of carbonyl (C=O) groups excluding carboxylic acids is 3. The van der Waals surface area contributed by atoms with Crippen LogP contribution in [0.3, 0.4) is 0 Å². The van der Waals surface area contributed by atoms with Crippen LogP contribution in [-0.2, 0) is 47.6 Å². The van der Waals surface area contributed by atoms with E-state index in [1.165, 1.54) is 19.3 Å². The van der Waals surface area contributed by atoms with Crippen molar-refractivity contribution in [2.24, 2.45) is 27.8 Å². The molecule has 3 rings (SSSR count). The molecule has 2 amide bonds. The molecule has 0 radical (unpaired) electrons. The van der Waals surface area contributed by atoms with E-state index in [0.29, 0.717) is 19.3 Å². The number of allylic oxidation sites excluding steroid dienone is 3. The maximum absolute atomic E-state index is 13.5. The van der Waals surface area contributed by atoms with Gasteiger partial charge in [0.25, 0.3) is 5.91 Å². The average Bonchev–Trinajstić information content (AvgIpc) is 3.11. The molecule has 3 aliphatic rings. The van der Waals surface area contributed by atoms with Crippen molar-refractivity contribution in [3.63, 3.8) is 0 Å². The first-order valence-corrected chi connectivity index (χ1v) is 18.2. The van der Waals surface area contributed by atoms with Crippen LogP contribution in [0.1, 0.15) is 72.6 Å². The van der Waals surface area contributed by atoms with Crippen LogP contribution in [0.25, 0.3) is 0 Å². The maximum atomic E-state index is 13.5. The van der Waals surface area contributed by atoms with Gasteiger partial charge in [-0.05, 0) is 32.6 Å².